The number of rotatable bonds is 2. The summed E-state index contributed by atoms with van der Waals surface area (Å²) in [6.07, 6.45) is 0.947. The van der Waals surface area contributed by atoms with Crippen molar-refractivity contribution < 1.29 is 4.79 Å². The average Bonchev–Trinajstić information content (AvgIpc) is 2.82. The van der Waals surface area contributed by atoms with Crippen LogP contribution in [-0.2, 0) is 0 Å². The molecule has 1 aliphatic rings. The van der Waals surface area contributed by atoms with Crippen LogP contribution < -0.4 is 21.7 Å². The molecule has 0 bridgehead atoms. The van der Waals surface area contributed by atoms with E-state index in [9.17, 15) is 4.79 Å². The Morgan fingerprint density at radius 3 is 2.74 bits per heavy atom. The lowest BCUT2D eigenvalue weighted by Crippen LogP contribution is -2.40. The number of nitrogens with one attached hydrogen (secondary N) is 1. The number of amides is 1. The van der Waals surface area contributed by atoms with Crippen molar-refractivity contribution in [1.82, 2.24) is 10.3 Å². The van der Waals surface area contributed by atoms with Crippen LogP contribution in [0.4, 0.5) is 10.9 Å². The molecule has 5 N–H and O–H groups in total. The zero-order valence-corrected chi connectivity index (χ0v) is 12.4. The fraction of sp³-hybridized carbons (Fsp3) is 0.667. The van der Waals surface area contributed by atoms with Crippen LogP contribution in [0.15, 0.2) is 0 Å². The SMILES string of the molecule is CC(C)(C)NC(=O)c1sc(N2CCC(N)C2)nc1N. The van der Waals surface area contributed by atoms with Crippen LogP contribution >= 0.6 is 11.3 Å². The molecule has 2 heterocycles. The largest absolute Gasteiger partial charge is 0.382 e. The second-order valence-electron chi connectivity index (χ2n) is 5.91. The summed E-state index contributed by atoms with van der Waals surface area (Å²) < 4.78 is 0. The molecule has 0 radical (unpaired) electrons. The highest BCUT2D eigenvalue weighted by molar-refractivity contribution is 7.18. The highest BCUT2D eigenvalue weighted by Gasteiger charge is 2.26. The average molecular weight is 283 g/mol. The summed E-state index contributed by atoms with van der Waals surface area (Å²) >= 11 is 1.33. The van der Waals surface area contributed by atoms with Crippen molar-refractivity contribution in [3.8, 4) is 0 Å². The Morgan fingerprint density at radius 1 is 1.53 bits per heavy atom. The molecule has 0 aromatic carbocycles. The van der Waals surface area contributed by atoms with Gasteiger partial charge in [-0.3, -0.25) is 4.79 Å². The highest BCUT2D eigenvalue weighted by atomic mass is 32.1. The number of carbonyl (C=O) groups is 1. The molecule has 1 aliphatic heterocycles. The van der Waals surface area contributed by atoms with E-state index < -0.39 is 0 Å². The predicted molar refractivity (Wildman–Crippen MR) is 78.6 cm³/mol. The lowest BCUT2D eigenvalue weighted by Gasteiger charge is -2.19. The third kappa shape index (κ3) is 3.36. The maximum atomic E-state index is 12.1. The minimum absolute atomic E-state index is 0.169. The van der Waals surface area contributed by atoms with Crippen molar-refractivity contribution in [3.05, 3.63) is 4.88 Å². The molecular formula is C12H21N5OS. The Hall–Kier alpha value is -1.34. The molecule has 1 atom stereocenters. The Kier molecular flexibility index (Phi) is 3.69. The normalized spacial score (nSPS) is 19.8. The number of nitrogen functional groups attached to an aromatic ring is 1. The first-order valence-corrected chi connectivity index (χ1v) is 7.17. The Balaban J connectivity index is 2.15. The van der Waals surface area contributed by atoms with E-state index >= 15 is 0 Å². The van der Waals surface area contributed by atoms with Gasteiger partial charge in [0.25, 0.3) is 5.91 Å². The molecule has 1 unspecified atom stereocenters. The highest BCUT2D eigenvalue weighted by Crippen LogP contribution is 2.30. The Labute approximate surface area is 117 Å². The second-order valence-corrected chi connectivity index (χ2v) is 6.89. The molecule has 6 nitrogen and oxygen atoms in total. The molecule has 0 spiro atoms. The van der Waals surface area contributed by atoms with Crippen LogP contribution in [-0.4, -0.2) is 35.6 Å². The summed E-state index contributed by atoms with van der Waals surface area (Å²) in [6, 6.07) is 0.178. The van der Waals surface area contributed by atoms with Crippen LogP contribution in [0, 0.1) is 0 Å². The van der Waals surface area contributed by atoms with Crippen molar-refractivity contribution in [3.63, 3.8) is 0 Å². The van der Waals surface area contributed by atoms with E-state index in [-0.39, 0.29) is 17.5 Å². The number of carbonyl (C=O) groups excluding carboxylic acids is 1. The Morgan fingerprint density at radius 2 is 2.21 bits per heavy atom. The third-order valence-corrected chi connectivity index (χ3v) is 3.96. The molecule has 1 fully saturated rings. The number of thiazole rings is 1. The van der Waals surface area contributed by atoms with Gasteiger partial charge in [-0.05, 0) is 27.2 Å². The summed E-state index contributed by atoms with van der Waals surface area (Å²) in [6.45, 7) is 7.44. The third-order valence-electron chi connectivity index (χ3n) is 2.83. The fourth-order valence-corrected chi connectivity index (χ4v) is 2.89. The molecule has 1 saturated heterocycles. The van der Waals surface area contributed by atoms with Gasteiger partial charge in [0.05, 0.1) is 0 Å². The van der Waals surface area contributed by atoms with Crippen LogP contribution in [0.5, 0.6) is 0 Å². The van der Waals surface area contributed by atoms with Crippen LogP contribution in [0.3, 0.4) is 0 Å². The van der Waals surface area contributed by atoms with Gasteiger partial charge in [0.15, 0.2) is 5.13 Å². The van der Waals surface area contributed by atoms with Crippen LogP contribution in [0.2, 0.25) is 0 Å². The van der Waals surface area contributed by atoms with Gasteiger partial charge in [0, 0.05) is 24.7 Å². The molecular weight excluding hydrogens is 262 g/mol. The standard InChI is InChI=1S/C12H21N5OS/c1-12(2,3)16-10(18)8-9(14)15-11(19-8)17-5-4-7(13)6-17/h7H,4-6,13-14H2,1-3H3,(H,16,18). The van der Waals surface area contributed by atoms with E-state index in [0.717, 1.165) is 24.6 Å². The first kappa shape index (κ1) is 14.1. The topological polar surface area (TPSA) is 97.3 Å². The quantitative estimate of drug-likeness (QED) is 0.745. The smallest absolute Gasteiger partial charge is 0.265 e. The van der Waals surface area contributed by atoms with Gasteiger partial charge in [0.2, 0.25) is 0 Å². The zero-order valence-electron chi connectivity index (χ0n) is 11.6. The first-order valence-electron chi connectivity index (χ1n) is 6.35. The predicted octanol–water partition coefficient (Wildman–Crippen LogP) is 0.791. The number of anilines is 2. The maximum Gasteiger partial charge on any atom is 0.265 e. The fourth-order valence-electron chi connectivity index (χ4n) is 1.98. The first-order chi connectivity index (χ1) is 8.76. The minimum Gasteiger partial charge on any atom is -0.382 e. The number of hydrogen-bond acceptors (Lipinski definition) is 6. The van der Waals surface area contributed by atoms with Gasteiger partial charge in [-0.2, -0.15) is 0 Å². The van der Waals surface area contributed by atoms with E-state index in [0.29, 0.717) is 10.7 Å². The summed E-state index contributed by atoms with van der Waals surface area (Å²) in [5, 5.41) is 3.68. The van der Waals surface area contributed by atoms with Gasteiger partial charge >= 0.3 is 0 Å². The van der Waals surface area contributed by atoms with E-state index in [1.54, 1.807) is 0 Å². The van der Waals surface area contributed by atoms with Crippen molar-refractivity contribution in [2.24, 2.45) is 5.73 Å². The summed E-state index contributed by atoms with van der Waals surface area (Å²) in [7, 11) is 0. The van der Waals surface area contributed by atoms with E-state index in [2.05, 4.69) is 15.2 Å². The Bertz CT molecular complexity index is 479. The molecule has 0 aliphatic carbocycles. The molecule has 1 aromatic rings. The number of nitrogens with zero attached hydrogens (tertiary/aromatic N) is 2. The van der Waals surface area contributed by atoms with Gasteiger partial charge in [-0.25, -0.2) is 4.98 Å². The maximum absolute atomic E-state index is 12.1. The summed E-state index contributed by atoms with van der Waals surface area (Å²) in [4.78, 5) is 19.0. The minimum atomic E-state index is -0.288. The molecule has 106 valence electrons. The van der Waals surface area contributed by atoms with E-state index in [4.69, 9.17) is 11.5 Å². The second kappa shape index (κ2) is 4.97. The molecule has 0 saturated carbocycles. The molecule has 7 heteroatoms. The van der Waals surface area contributed by atoms with Crippen molar-refractivity contribution in [1.29, 1.82) is 0 Å². The number of aromatic nitrogens is 1. The van der Waals surface area contributed by atoms with Gasteiger partial charge in [-0.1, -0.05) is 11.3 Å². The van der Waals surface area contributed by atoms with Crippen LogP contribution in [0.25, 0.3) is 0 Å². The van der Waals surface area contributed by atoms with E-state index in [1.165, 1.54) is 11.3 Å². The van der Waals surface area contributed by atoms with Crippen molar-refractivity contribution in [2.45, 2.75) is 38.8 Å². The summed E-state index contributed by atoms with van der Waals surface area (Å²) in [5.74, 6) is 0.125. The monoisotopic (exact) mass is 283 g/mol. The number of nitrogens with two attached hydrogens (primary N) is 2. The van der Waals surface area contributed by atoms with Gasteiger partial charge in [-0.15, -0.1) is 0 Å². The van der Waals surface area contributed by atoms with Crippen LogP contribution in [0.1, 0.15) is 36.9 Å². The van der Waals surface area contributed by atoms with Crippen molar-refractivity contribution >= 4 is 28.2 Å². The van der Waals surface area contributed by atoms with Crippen molar-refractivity contribution in [2.75, 3.05) is 23.7 Å². The van der Waals surface area contributed by atoms with Gasteiger partial charge in [0.1, 0.15) is 10.7 Å². The lowest BCUT2D eigenvalue weighted by atomic mass is 10.1. The van der Waals surface area contributed by atoms with Gasteiger partial charge < -0.3 is 21.7 Å². The molecule has 1 aromatic heterocycles. The summed E-state index contributed by atoms with van der Waals surface area (Å²) in [5.41, 5.74) is 11.4. The lowest BCUT2D eigenvalue weighted by molar-refractivity contribution is 0.0924. The zero-order chi connectivity index (χ0) is 14.2. The molecule has 19 heavy (non-hydrogen) atoms. The molecule has 2 rings (SSSR count). The van der Waals surface area contributed by atoms with E-state index in [1.807, 2.05) is 20.8 Å². The number of hydrogen-bond donors (Lipinski definition) is 3. The molecule has 1 amide bonds.